The molecule has 3 rings (SSSR count). The summed E-state index contributed by atoms with van der Waals surface area (Å²) in [4.78, 5) is 16.6. The summed E-state index contributed by atoms with van der Waals surface area (Å²) in [6.45, 7) is 2.50. The average Bonchev–Trinajstić information content (AvgIpc) is 3.16. The van der Waals surface area contributed by atoms with Crippen LogP contribution in [0.15, 0.2) is 65.3 Å². The fraction of sp³-hybridized carbons (Fsp3) is 0.238. The van der Waals surface area contributed by atoms with Crippen molar-refractivity contribution in [3.63, 3.8) is 0 Å². The summed E-state index contributed by atoms with van der Waals surface area (Å²) < 4.78 is 18.4. The Bertz CT molecular complexity index is 865. The molecule has 3 aromatic rings. The van der Waals surface area contributed by atoms with Crippen LogP contribution in [-0.4, -0.2) is 22.7 Å². The number of carbonyl (C=O) groups excluding carboxylic acids is 1. The van der Waals surface area contributed by atoms with Gasteiger partial charge >= 0.3 is 0 Å². The molecule has 0 aliphatic carbocycles. The Labute approximate surface area is 162 Å². The minimum Gasteiger partial charge on any atom is -0.444 e. The van der Waals surface area contributed by atoms with Crippen molar-refractivity contribution >= 4 is 17.7 Å². The number of nitrogens with zero attached hydrogens (tertiary/aromatic N) is 1. The molecule has 140 valence electrons. The van der Waals surface area contributed by atoms with Crippen LogP contribution in [0.1, 0.15) is 18.2 Å². The Kier molecular flexibility index (Phi) is 6.65. The SMILES string of the molecule is CC(SCc1coc(-c2ccc(F)cc2)n1)C(=O)NCCc1ccccc1. The first-order chi connectivity index (χ1) is 13.1. The zero-order valence-corrected chi connectivity index (χ0v) is 15.8. The first-order valence-corrected chi connectivity index (χ1v) is 9.80. The van der Waals surface area contributed by atoms with Gasteiger partial charge in [0, 0.05) is 17.9 Å². The van der Waals surface area contributed by atoms with E-state index in [1.807, 2.05) is 37.3 Å². The highest BCUT2D eigenvalue weighted by atomic mass is 32.2. The number of amides is 1. The number of halogens is 1. The van der Waals surface area contributed by atoms with Gasteiger partial charge in [-0.2, -0.15) is 0 Å². The van der Waals surface area contributed by atoms with Gasteiger partial charge in [-0.1, -0.05) is 30.3 Å². The zero-order chi connectivity index (χ0) is 19.1. The second kappa shape index (κ2) is 9.37. The molecule has 4 nitrogen and oxygen atoms in total. The van der Waals surface area contributed by atoms with E-state index in [-0.39, 0.29) is 17.0 Å². The van der Waals surface area contributed by atoms with E-state index in [9.17, 15) is 9.18 Å². The van der Waals surface area contributed by atoms with Gasteiger partial charge in [0.05, 0.1) is 10.9 Å². The molecule has 0 spiro atoms. The van der Waals surface area contributed by atoms with Crippen LogP contribution >= 0.6 is 11.8 Å². The maximum absolute atomic E-state index is 13.0. The molecule has 1 unspecified atom stereocenters. The largest absolute Gasteiger partial charge is 0.444 e. The number of nitrogens with one attached hydrogen (secondary N) is 1. The number of aromatic nitrogens is 1. The quantitative estimate of drug-likeness (QED) is 0.623. The van der Waals surface area contributed by atoms with Crippen LogP contribution in [-0.2, 0) is 17.0 Å². The third kappa shape index (κ3) is 5.69. The van der Waals surface area contributed by atoms with Gasteiger partial charge in [0.2, 0.25) is 11.8 Å². The highest BCUT2D eigenvalue weighted by Gasteiger charge is 2.14. The number of oxazole rings is 1. The van der Waals surface area contributed by atoms with Gasteiger partial charge in [-0.05, 0) is 43.2 Å². The summed E-state index contributed by atoms with van der Waals surface area (Å²) in [7, 11) is 0. The molecule has 6 heteroatoms. The highest BCUT2D eigenvalue weighted by molar-refractivity contribution is 7.99. The fourth-order valence-corrected chi connectivity index (χ4v) is 3.29. The Hall–Kier alpha value is -2.60. The zero-order valence-electron chi connectivity index (χ0n) is 15.0. The third-order valence-corrected chi connectivity index (χ3v) is 5.23. The Balaban J connectivity index is 1.44. The number of carbonyl (C=O) groups is 1. The molecule has 0 saturated heterocycles. The van der Waals surface area contributed by atoms with Crippen molar-refractivity contribution in [1.29, 1.82) is 0 Å². The lowest BCUT2D eigenvalue weighted by molar-refractivity contribution is -0.120. The minimum absolute atomic E-state index is 0.0122. The molecule has 1 aromatic heterocycles. The smallest absolute Gasteiger partial charge is 0.232 e. The lowest BCUT2D eigenvalue weighted by Gasteiger charge is -2.11. The molecule has 0 fully saturated rings. The molecular formula is C21H21FN2O2S. The molecular weight excluding hydrogens is 363 g/mol. The first-order valence-electron chi connectivity index (χ1n) is 8.75. The normalized spacial score (nSPS) is 11.9. The van der Waals surface area contributed by atoms with E-state index in [0.717, 1.165) is 17.7 Å². The van der Waals surface area contributed by atoms with Crippen molar-refractivity contribution in [3.05, 3.63) is 77.9 Å². The number of benzene rings is 2. The summed E-state index contributed by atoms with van der Waals surface area (Å²) >= 11 is 1.50. The van der Waals surface area contributed by atoms with Gasteiger partial charge < -0.3 is 9.73 Å². The van der Waals surface area contributed by atoms with Gasteiger partial charge in [0.25, 0.3) is 0 Å². The third-order valence-electron chi connectivity index (χ3n) is 4.05. The van der Waals surface area contributed by atoms with Crippen molar-refractivity contribution in [3.8, 4) is 11.5 Å². The van der Waals surface area contributed by atoms with Crippen molar-refractivity contribution in [2.45, 2.75) is 24.3 Å². The second-order valence-corrected chi connectivity index (χ2v) is 7.46. The van der Waals surface area contributed by atoms with Gasteiger partial charge in [0.15, 0.2) is 0 Å². The molecule has 1 atom stereocenters. The first kappa shape index (κ1) is 19.2. The summed E-state index contributed by atoms with van der Waals surface area (Å²) in [5.41, 5.74) is 2.68. The number of rotatable bonds is 8. The van der Waals surface area contributed by atoms with E-state index in [1.165, 1.54) is 29.5 Å². The molecule has 0 bridgehead atoms. The lowest BCUT2D eigenvalue weighted by atomic mass is 10.1. The topological polar surface area (TPSA) is 55.1 Å². The maximum Gasteiger partial charge on any atom is 0.232 e. The Morgan fingerprint density at radius 1 is 1.19 bits per heavy atom. The maximum atomic E-state index is 13.0. The Morgan fingerprint density at radius 3 is 2.67 bits per heavy atom. The van der Waals surface area contributed by atoms with Crippen LogP contribution < -0.4 is 5.32 Å². The molecule has 1 N–H and O–H groups in total. The number of thioether (sulfide) groups is 1. The molecule has 1 heterocycles. The van der Waals surface area contributed by atoms with E-state index >= 15 is 0 Å². The van der Waals surface area contributed by atoms with Crippen molar-refractivity contribution < 1.29 is 13.6 Å². The number of hydrogen-bond acceptors (Lipinski definition) is 4. The molecule has 2 aromatic carbocycles. The van der Waals surface area contributed by atoms with Crippen LogP contribution in [0.2, 0.25) is 0 Å². The van der Waals surface area contributed by atoms with Gasteiger partial charge in [-0.25, -0.2) is 9.37 Å². The molecule has 1 amide bonds. The molecule has 0 radical (unpaired) electrons. The van der Waals surface area contributed by atoms with Crippen LogP contribution in [0.25, 0.3) is 11.5 Å². The molecule has 0 saturated carbocycles. The molecule has 27 heavy (non-hydrogen) atoms. The average molecular weight is 384 g/mol. The monoisotopic (exact) mass is 384 g/mol. The van der Waals surface area contributed by atoms with Crippen LogP contribution in [0, 0.1) is 5.82 Å². The van der Waals surface area contributed by atoms with Crippen molar-refractivity contribution in [2.75, 3.05) is 6.54 Å². The molecule has 0 aliphatic heterocycles. The van der Waals surface area contributed by atoms with Crippen LogP contribution in [0.3, 0.4) is 0 Å². The lowest BCUT2D eigenvalue weighted by Crippen LogP contribution is -2.32. The summed E-state index contributed by atoms with van der Waals surface area (Å²) in [6.07, 6.45) is 2.39. The second-order valence-electron chi connectivity index (χ2n) is 6.13. The predicted molar refractivity (Wildman–Crippen MR) is 106 cm³/mol. The molecule has 0 aliphatic rings. The van der Waals surface area contributed by atoms with Crippen LogP contribution in [0.4, 0.5) is 4.39 Å². The number of hydrogen-bond donors (Lipinski definition) is 1. The van der Waals surface area contributed by atoms with E-state index in [2.05, 4.69) is 10.3 Å². The summed E-state index contributed by atoms with van der Waals surface area (Å²) in [5, 5.41) is 2.78. The van der Waals surface area contributed by atoms with E-state index < -0.39 is 0 Å². The van der Waals surface area contributed by atoms with Crippen molar-refractivity contribution in [1.82, 2.24) is 10.3 Å². The van der Waals surface area contributed by atoms with E-state index in [0.29, 0.717) is 18.2 Å². The van der Waals surface area contributed by atoms with Crippen molar-refractivity contribution in [2.24, 2.45) is 0 Å². The summed E-state index contributed by atoms with van der Waals surface area (Å²) in [5.74, 6) is 0.731. The minimum atomic E-state index is -0.298. The van der Waals surface area contributed by atoms with Crippen LogP contribution in [0.5, 0.6) is 0 Å². The van der Waals surface area contributed by atoms with Gasteiger partial charge in [-0.3, -0.25) is 4.79 Å². The van der Waals surface area contributed by atoms with E-state index in [4.69, 9.17) is 4.42 Å². The predicted octanol–water partition coefficient (Wildman–Crippen LogP) is 4.46. The van der Waals surface area contributed by atoms with Gasteiger partial charge in [-0.15, -0.1) is 11.8 Å². The highest BCUT2D eigenvalue weighted by Crippen LogP contribution is 2.22. The standard InChI is InChI=1S/C21H21FN2O2S/c1-15(20(25)23-12-11-16-5-3-2-4-6-16)27-14-19-13-26-21(24-19)17-7-9-18(22)10-8-17/h2-10,13,15H,11-12,14H2,1H3,(H,23,25). The Morgan fingerprint density at radius 2 is 1.93 bits per heavy atom. The van der Waals surface area contributed by atoms with Gasteiger partial charge in [0.1, 0.15) is 12.1 Å². The summed E-state index contributed by atoms with van der Waals surface area (Å²) in [6, 6.07) is 16.1. The fourth-order valence-electron chi connectivity index (χ4n) is 2.50. The van der Waals surface area contributed by atoms with E-state index in [1.54, 1.807) is 18.4 Å².